The zero-order chi connectivity index (χ0) is 14.1. The molecule has 4 nitrogen and oxygen atoms in total. The third-order valence-corrected chi connectivity index (χ3v) is 4.10. The fourth-order valence-corrected chi connectivity index (χ4v) is 3.05. The molecule has 0 spiro atoms. The van der Waals surface area contributed by atoms with Crippen molar-refractivity contribution in [3.63, 3.8) is 0 Å². The minimum absolute atomic E-state index is 0.591. The van der Waals surface area contributed by atoms with Gasteiger partial charge in [0.25, 0.3) is 0 Å². The third-order valence-electron chi connectivity index (χ3n) is 3.35. The van der Waals surface area contributed by atoms with Gasteiger partial charge < -0.3 is 4.74 Å². The van der Waals surface area contributed by atoms with Crippen molar-refractivity contribution in [1.82, 2.24) is 9.38 Å². The summed E-state index contributed by atoms with van der Waals surface area (Å²) < 4.78 is 7.16. The number of hydrogen-bond donors (Lipinski definition) is 0. The number of hydrogen-bond acceptors (Lipinski definition) is 4. The van der Waals surface area contributed by atoms with Crippen molar-refractivity contribution in [2.24, 2.45) is 0 Å². The van der Waals surface area contributed by atoms with Crippen molar-refractivity contribution >= 4 is 22.6 Å². The quantitative estimate of drug-likeness (QED) is 0.690. The van der Waals surface area contributed by atoms with E-state index in [9.17, 15) is 4.79 Å². The number of benzene rings is 1. The summed E-state index contributed by atoms with van der Waals surface area (Å²) in [6.07, 6.45) is 3.60. The van der Waals surface area contributed by atoms with Crippen molar-refractivity contribution in [2.75, 3.05) is 7.11 Å². The first-order valence-electron chi connectivity index (χ1n) is 6.36. The summed E-state index contributed by atoms with van der Waals surface area (Å²) in [5, 5.41) is 1.92. The van der Waals surface area contributed by atoms with Crippen LogP contribution in [-0.2, 0) is 6.42 Å². The van der Waals surface area contributed by atoms with E-state index in [1.165, 1.54) is 11.3 Å². The van der Waals surface area contributed by atoms with Crippen molar-refractivity contribution in [1.29, 1.82) is 0 Å². The average molecular weight is 286 g/mol. The van der Waals surface area contributed by atoms with Crippen LogP contribution in [0.15, 0.2) is 29.8 Å². The molecule has 0 bridgehead atoms. The Labute approximate surface area is 120 Å². The molecular weight excluding hydrogens is 272 g/mol. The normalized spacial score (nSPS) is 10.9. The lowest BCUT2D eigenvalue weighted by Crippen LogP contribution is -1.94. The topological polar surface area (TPSA) is 43.6 Å². The van der Waals surface area contributed by atoms with Crippen LogP contribution in [0.25, 0.3) is 16.2 Å². The van der Waals surface area contributed by atoms with Gasteiger partial charge in [0, 0.05) is 17.1 Å². The Balaban J connectivity index is 2.19. The highest BCUT2D eigenvalue weighted by atomic mass is 32.1. The Kier molecular flexibility index (Phi) is 3.28. The second kappa shape index (κ2) is 5.09. The van der Waals surface area contributed by atoms with Gasteiger partial charge in [0.15, 0.2) is 11.2 Å². The number of thiazole rings is 1. The first kappa shape index (κ1) is 12.9. The molecule has 5 heteroatoms. The van der Waals surface area contributed by atoms with E-state index in [4.69, 9.17) is 4.74 Å². The summed E-state index contributed by atoms with van der Waals surface area (Å²) in [6, 6.07) is 5.91. The monoisotopic (exact) mass is 286 g/mol. The Morgan fingerprint density at radius 3 is 3.00 bits per heavy atom. The molecule has 20 heavy (non-hydrogen) atoms. The molecule has 0 saturated heterocycles. The van der Waals surface area contributed by atoms with Gasteiger partial charge in [0.1, 0.15) is 17.1 Å². The molecular formula is C15H14N2O2S. The summed E-state index contributed by atoms with van der Waals surface area (Å²) >= 11 is 1.52. The van der Waals surface area contributed by atoms with Crippen LogP contribution in [0.5, 0.6) is 5.75 Å². The fraction of sp³-hybridized carbons (Fsp3) is 0.200. The smallest absolute Gasteiger partial charge is 0.194 e. The Hall–Kier alpha value is -2.14. The zero-order valence-electron chi connectivity index (χ0n) is 11.3. The van der Waals surface area contributed by atoms with E-state index in [-0.39, 0.29) is 0 Å². The minimum Gasteiger partial charge on any atom is -0.496 e. The highest BCUT2D eigenvalue weighted by molar-refractivity contribution is 7.15. The molecule has 0 aliphatic rings. The first-order valence-corrected chi connectivity index (χ1v) is 7.24. The van der Waals surface area contributed by atoms with Gasteiger partial charge in [0.05, 0.1) is 7.11 Å². The van der Waals surface area contributed by atoms with Gasteiger partial charge in [-0.05, 0) is 30.2 Å². The van der Waals surface area contributed by atoms with Crippen LogP contribution in [0, 0.1) is 0 Å². The van der Waals surface area contributed by atoms with Gasteiger partial charge in [-0.1, -0.05) is 6.92 Å². The molecule has 0 unspecified atom stereocenters. The Bertz CT molecular complexity index is 773. The number of fused-ring (bicyclic) bond motifs is 1. The molecule has 1 aromatic carbocycles. The summed E-state index contributed by atoms with van der Waals surface area (Å²) in [5.74, 6) is 0.866. The molecule has 0 radical (unpaired) electrons. The molecule has 2 heterocycles. The number of aromatic nitrogens is 2. The molecule has 0 aliphatic carbocycles. The number of aldehydes is 1. The van der Waals surface area contributed by atoms with E-state index in [2.05, 4.69) is 11.9 Å². The standard InChI is InChI=1S/C15H14N2O2S/c1-3-10-8-11(4-5-13(10)19-2)14-12(9-18)17-6-7-20-15(17)16-14/h4-9H,3H2,1-2H3. The van der Waals surface area contributed by atoms with E-state index in [0.29, 0.717) is 5.69 Å². The number of carbonyl (C=O) groups excluding carboxylic acids is 1. The van der Waals surface area contributed by atoms with Gasteiger partial charge in [-0.3, -0.25) is 9.20 Å². The molecule has 0 atom stereocenters. The van der Waals surface area contributed by atoms with E-state index in [1.54, 1.807) is 7.11 Å². The van der Waals surface area contributed by atoms with E-state index < -0.39 is 0 Å². The Morgan fingerprint density at radius 1 is 1.45 bits per heavy atom. The van der Waals surface area contributed by atoms with Crippen LogP contribution in [0.1, 0.15) is 23.0 Å². The SMILES string of the molecule is CCc1cc(-c2nc3sccn3c2C=O)ccc1OC. The first-order chi connectivity index (χ1) is 9.78. The second-order valence-corrected chi connectivity index (χ2v) is 5.27. The number of imidazole rings is 1. The van der Waals surface area contributed by atoms with Crippen molar-refractivity contribution in [3.05, 3.63) is 41.0 Å². The van der Waals surface area contributed by atoms with Crippen LogP contribution in [0.3, 0.4) is 0 Å². The van der Waals surface area contributed by atoms with E-state index in [1.807, 2.05) is 34.2 Å². The predicted octanol–water partition coefficient (Wildman–Crippen LogP) is 3.45. The fourth-order valence-electron chi connectivity index (χ4n) is 2.33. The lowest BCUT2D eigenvalue weighted by Gasteiger charge is -2.08. The van der Waals surface area contributed by atoms with E-state index >= 15 is 0 Å². The maximum absolute atomic E-state index is 11.4. The maximum Gasteiger partial charge on any atom is 0.194 e. The summed E-state index contributed by atoms with van der Waals surface area (Å²) in [7, 11) is 1.66. The van der Waals surface area contributed by atoms with Gasteiger partial charge in [-0.15, -0.1) is 11.3 Å². The molecule has 0 N–H and O–H groups in total. The zero-order valence-corrected chi connectivity index (χ0v) is 12.1. The summed E-state index contributed by atoms with van der Waals surface area (Å²) in [5.41, 5.74) is 3.37. The number of ether oxygens (including phenoxy) is 1. The number of carbonyl (C=O) groups is 1. The molecule has 3 rings (SSSR count). The molecule has 0 fully saturated rings. The van der Waals surface area contributed by atoms with E-state index in [0.717, 1.165) is 40.2 Å². The van der Waals surface area contributed by atoms with Gasteiger partial charge >= 0.3 is 0 Å². The van der Waals surface area contributed by atoms with Crippen molar-refractivity contribution in [2.45, 2.75) is 13.3 Å². The Morgan fingerprint density at radius 2 is 2.30 bits per heavy atom. The van der Waals surface area contributed by atoms with Gasteiger partial charge in [0.2, 0.25) is 0 Å². The van der Waals surface area contributed by atoms with Gasteiger partial charge in [-0.2, -0.15) is 0 Å². The van der Waals surface area contributed by atoms with Crippen molar-refractivity contribution < 1.29 is 9.53 Å². The highest BCUT2D eigenvalue weighted by Gasteiger charge is 2.15. The average Bonchev–Trinajstić information content (AvgIpc) is 3.06. The molecule has 0 amide bonds. The highest BCUT2D eigenvalue weighted by Crippen LogP contribution is 2.29. The van der Waals surface area contributed by atoms with Crippen LogP contribution in [0.4, 0.5) is 0 Å². The number of methoxy groups -OCH3 is 1. The van der Waals surface area contributed by atoms with Gasteiger partial charge in [-0.25, -0.2) is 4.98 Å². The minimum atomic E-state index is 0.591. The number of aryl methyl sites for hydroxylation is 1. The molecule has 0 aliphatic heterocycles. The largest absolute Gasteiger partial charge is 0.496 e. The third kappa shape index (κ3) is 1.91. The molecule has 2 aromatic heterocycles. The predicted molar refractivity (Wildman–Crippen MR) is 79.8 cm³/mol. The lowest BCUT2D eigenvalue weighted by atomic mass is 10.0. The number of nitrogens with zero attached hydrogens (tertiary/aromatic N) is 2. The van der Waals surface area contributed by atoms with Crippen LogP contribution < -0.4 is 4.74 Å². The van der Waals surface area contributed by atoms with Crippen molar-refractivity contribution in [3.8, 4) is 17.0 Å². The van der Waals surface area contributed by atoms with Crippen LogP contribution in [-0.4, -0.2) is 22.8 Å². The second-order valence-electron chi connectivity index (χ2n) is 4.40. The van der Waals surface area contributed by atoms with Crippen LogP contribution >= 0.6 is 11.3 Å². The van der Waals surface area contributed by atoms with Crippen LogP contribution in [0.2, 0.25) is 0 Å². The molecule has 102 valence electrons. The summed E-state index contributed by atoms with van der Waals surface area (Å²) in [6.45, 7) is 2.08. The maximum atomic E-state index is 11.4. The molecule has 3 aromatic rings. The molecule has 0 saturated carbocycles. The lowest BCUT2D eigenvalue weighted by molar-refractivity contribution is 0.111. The number of rotatable bonds is 4. The summed E-state index contributed by atoms with van der Waals surface area (Å²) in [4.78, 5) is 16.8.